The van der Waals surface area contributed by atoms with E-state index in [2.05, 4.69) is 6.58 Å². The topological polar surface area (TPSA) is 52.3 Å². The van der Waals surface area contributed by atoms with Crippen molar-refractivity contribution in [3.8, 4) is 0 Å². The summed E-state index contributed by atoms with van der Waals surface area (Å²) in [5.74, 6) is -0.430. The SMILES string of the molecule is C=COCc1cccc(C(N)=O)c1. The van der Waals surface area contributed by atoms with E-state index in [0.29, 0.717) is 12.2 Å². The highest BCUT2D eigenvalue weighted by Crippen LogP contribution is 2.05. The van der Waals surface area contributed by atoms with Crippen LogP contribution in [-0.4, -0.2) is 5.91 Å². The van der Waals surface area contributed by atoms with Crippen molar-refractivity contribution in [3.05, 3.63) is 48.2 Å². The van der Waals surface area contributed by atoms with Gasteiger partial charge in [0.05, 0.1) is 6.26 Å². The quantitative estimate of drug-likeness (QED) is 0.707. The maximum atomic E-state index is 10.8. The summed E-state index contributed by atoms with van der Waals surface area (Å²) < 4.78 is 4.97. The summed E-state index contributed by atoms with van der Waals surface area (Å²) in [6.45, 7) is 3.83. The molecule has 1 aromatic rings. The van der Waals surface area contributed by atoms with E-state index in [1.165, 1.54) is 6.26 Å². The minimum atomic E-state index is -0.430. The van der Waals surface area contributed by atoms with E-state index in [4.69, 9.17) is 10.5 Å². The average molecular weight is 177 g/mol. The number of primary amides is 1. The first kappa shape index (κ1) is 9.32. The highest BCUT2D eigenvalue weighted by atomic mass is 16.5. The first-order chi connectivity index (χ1) is 6.24. The lowest BCUT2D eigenvalue weighted by molar-refractivity contribution is 0.1000. The van der Waals surface area contributed by atoms with Crippen LogP contribution in [-0.2, 0) is 11.3 Å². The number of ether oxygens (including phenoxy) is 1. The van der Waals surface area contributed by atoms with Gasteiger partial charge < -0.3 is 10.5 Å². The Morgan fingerprint density at radius 3 is 3.00 bits per heavy atom. The lowest BCUT2D eigenvalue weighted by Crippen LogP contribution is -2.10. The van der Waals surface area contributed by atoms with E-state index in [-0.39, 0.29) is 0 Å². The second kappa shape index (κ2) is 4.30. The molecule has 0 aromatic heterocycles. The smallest absolute Gasteiger partial charge is 0.248 e. The van der Waals surface area contributed by atoms with Crippen molar-refractivity contribution in [2.75, 3.05) is 0 Å². The molecule has 0 saturated carbocycles. The molecule has 0 spiro atoms. The summed E-state index contributed by atoms with van der Waals surface area (Å²) in [6, 6.07) is 6.99. The zero-order valence-corrected chi connectivity index (χ0v) is 7.19. The molecule has 0 saturated heterocycles. The van der Waals surface area contributed by atoms with Crippen molar-refractivity contribution in [2.45, 2.75) is 6.61 Å². The van der Waals surface area contributed by atoms with Crippen molar-refractivity contribution in [3.63, 3.8) is 0 Å². The predicted molar refractivity (Wildman–Crippen MR) is 49.9 cm³/mol. The minimum Gasteiger partial charge on any atom is -0.497 e. The van der Waals surface area contributed by atoms with Crippen LogP contribution in [0.1, 0.15) is 15.9 Å². The highest BCUT2D eigenvalue weighted by Gasteiger charge is 2.00. The van der Waals surface area contributed by atoms with Gasteiger partial charge in [0.25, 0.3) is 0 Å². The van der Waals surface area contributed by atoms with E-state index < -0.39 is 5.91 Å². The fourth-order valence-electron chi connectivity index (χ4n) is 0.970. The van der Waals surface area contributed by atoms with Crippen molar-refractivity contribution < 1.29 is 9.53 Å². The van der Waals surface area contributed by atoms with Gasteiger partial charge in [-0.3, -0.25) is 4.79 Å². The second-order valence-corrected chi connectivity index (χ2v) is 2.54. The number of amides is 1. The van der Waals surface area contributed by atoms with Crippen LogP contribution in [0.25, 0.3) is 0 Å². The molecule has 3 nitrogen and oxygen atoms in total. The predicted octanol–water partition coefficient (Wildman–Crippen LogP) is 1.45. The maximum absolute atomic E-state index is 10.8. The summed E-state index contributed by atoms with van der Waals surface area (Å²) in [5, 5.41) is 0. The van der Waals surface area contributed by atoms with Crippen LogP contribution in [0, 0.1) is 0 Å². The standard InChI is InChI=1S/C10H11NO2/c1-2-13-7-8-4-3-5-9(6-8)10(11)12/h2-6H,1,7H2,(H2,11,12). The fraction of sp³-hybridized carbons (Fsp3) is 0.100. The van der Waals surface area contributed by atoms with Crippen molar-refractivity contribution in [2.24, 2.45) is 5.73 Å². The molecule has 0 bridgehead atoms. The van der Waals surface area contributed by atoms with E-state index in [0.717, 1.165) is 5.56 Å². The molecule has 1 rings (SSSR count). The third-order valence-corrected chi connectivity index (χ3v) is 1.58. The molecular weight excluding hydrogens is 166 g/mol. The van der Waals surface area contributed by atoms with Gasteiger partial charge >= 0.3 is 0 Å². The maximum Gasteiger partial charge on any atom is 0.248 e. The van der Waals surface area contributed by atoms with Crippen LogP contribution >= 0.6 is 0 Å². The molecule has 0 aliphatic heterocycles. The van der Waals surface area contributed by atoms with Crippen molar-refractivity contribution >= 4 is 5.91 Å². The fourth-order valence-corrected chi connectivity index (χ4v) is 0.970. The summed E-state index contributed by atoms with van der Waals surface area (Å²) in [7, 11) is 0. The van der Waals surface area contributed by atoms with Gasteiger partial charge in [-0.2, -0.15) is 0 Å². The van der Waals surface area contributed by atoms with Gasteiger partial charge in [-0.15, -0.1) is 0 Å². The zero-order valence-electron chi connectivity index (χ0n) is 7.19. The molecule has 0 aliphatic rings. The van der Waals surface area contributed by atoms with Crippen LogP contribution in [0.2, 0.25) is 0 Å². The molecule has 68 valence electrons. The third-order valence-electron chi connectivity index (χ3n) is 1.58. The molecule has 2 N–H and O–H groups in total. The zero-order chi connectivity index (χ0) is 9.68. The van der Waals surface area contributed by atoms with Gasteiger partial charge in [0.2, 0.25) is 5.91 Å². The molecule has 0 aliphatic carbocycles. The van der Waals surface area contributed by atoms with Gasteiger partial charge in [-0.1, -0.05) is 18.7 Å². The molecule has 0 unspecified atom stereocenters. The Morgan fingerprint density at radius 2 is 2.38 bits per heavy atom. The van der Waals surface area contributed by atoms with Gasteiger partial charge in [0.15, 0.2) is 0 Å². The Kier molecular flexibility index (Phi) is 3.09. The van der Waals surface area contributed by atoms with Crippen LogP contribution in [0.3, 0.4) is 0 Å². The van der Waals surface area contributed by atoms with E-state index in [1.54, 1.807) is 18.2 Å². The molecule has 0 heterocycles. The first-order valence-corrected chi connectivity index (χ1v) is 3.85. The molecule has 1 amide bonds. The van der Waals surface area contributed by atoms with Crippen LogP contribution in [0.4, 0.5) is 0 Å². The van der Waals surface area contributed by atoms with Crippen LogP contribution in [0.5, 0.6) is 0 Å². The minimum absolute atomic E-state index is 0.407. The molecule has 3 heteroatoms. The Balaban J connectivity index is 2.79. The lowest BCUT2D eigenvalue weighted by Gasteiger charge is -2.01. The summed E-state index contributed by atoms with van der Waals surface area (Å²) >= 11 is 0. The number of carbonyl (C=O) groups is 1. The van der Waals surface area contributed by atoms with E-state index in [1.807, 2.05) is 6.07 Å². The molecule has 0 radical (unpaired) electrons. The third kappa shape index (κ3) is 2.63. The molecular formula is C10H11NO2. The Hall–Kier alpha value is -1.77. The highest BCUT2D eigenvalue weighted by molar-refractivity contribution is 5.92. The molecule has 0 fully saturated rings. The normalized spacial score (nSPS) is 9.23. The summed E-state index contributed by atoms with van der Waals surface area (Å²) in [6.07, 6.45) is 1.36. The molecule has 13 heavy (non-hydrogen) atoms. The van der Waals surface area contributed by atoms with E-state index >= 15 is 0 Å². The van der Waals surface area contributed by atoms with Crippen molar-refractivity contribution in [1.29, 1.82) is 0 Å². The van der Waals surface area contributed by atoms with Gasteiger partial charge in [-0.25, -0.2) is 0 Å². The average Bonchev–Trinajstić information content (AvgIpc) is 2.15. The van der Waals surface area contributed by atoms with Crippen LogP contribution < -0.4 is 5.73 Å². The lowest BCUT2D eigenvalue weighted by atomic mass is 10.1. The Bertz CT molecular complexity index is 320. The Labute approximate surface area is 76.8 Å². The summed E-state index contributed by atoms with van der Waals surface area (Å²) in [5.41, 5.74) is 6.50. The van der Waals surface area contributed by atoms with Gasteiger partial charge in [-0.05, 0) is 17.7 Å². The monoisotopic (exact) mass is 177 g/mol. The number of rotatable bonds is 4. The number of hydrogen-bond donors (Lipinski definition) is 1. The molecule has 0 atom stereocenters. The summed E-state index contributed by atoms with van der Waals surface area (Å²) in [4.78, 5) is 10.8. The Morgan fingerprint density at radius 1 is 1.62 bits per heavy atom. The first-order valence-electron chi connectivity index (χ1n) is 3.85. The molecule has 1 aromatic carbocycles. The number of nitrogens with two attached hydrogens (primary N) is 1. The van der Waals surface area contributed by atoms with Crippen molar-refractivity contribution in [1.82, 2.24) is 0 Å². The number of benzene rings is 1. The van der Waals surface area contributed by atoms with E-state index in [9.17, 15) is 4.79 Å². The largest absolute Gasteiger partial charge is 0.497 e. The second-order valence-electron chi connectivity index (χ2n) is 2.54. The van der Waals surface area contributed by atoms with Gasteiger partial charge in [0.1, 0.15) is 6.61 Å². The van der Waals surface area contributed by atoms with Gasteiger partial charge in [0, 0.05) is 5.56 Å². The number of carbonyl (C=O) groups excluding carboxylic acids is 1. The van der Waals surface area contributed by atoms with Crippen LogP contribution in [0.15, 0.2) is 37.1 Å². The number of hydrogen-bond acceptors (Lipinski definition) is 2.